The van der Waals surface area contributed by atoms with Gasteiger partial charge in [0.1, 0.15) is 0 Å². The molecule has 3 nitrogen and oxygen atoms in total. The van der Waals surface area contributed by atoms with Crippen molar-refractivity contribution in [1.29, 1.82) is 0 Å². The van der Waals surface area contributed by atoms with Crippen LogP contribution < -0.4 is 0 Å². The minimum absolute atomic E-state index is 0.149. The largest absolute Gasteiger partial charge is 0.340 e. The molecular formula is C16H28N2O. The van der Waals surface area contributed by atoms with E-state index in [9.17, 15) is 4.79 Å². The highest BCUT2D eigenvalue weighted by atomic mass is 16.2. The summed E-state index contributed by atoms with van der Waals surface area (Å²) in [5.41, 5.74) is 1.47. The first-order chi connectivity index (χ1) is 8.87. The first-order valence-electron chi connectivity index (χ1n) is 7.54. The maximum absolute atomic E-state index is 12.6. The van der Waals surface area contributed by atoms with E-state index in [4.69, 9.17) is 0 Å². The summed E-state index contributed by atoms with van der Waals surface area (Å²) in [4.78, 5) is 17.1. The van der Waals surface area contributed by atoms with E-state index in [2.05, 4.69) is 50.5 Å². The van der Waals surface area contributed by atoms with Gasteiger partial charge in [0.25, 0.3) is 0 Å². The number of carbonyl (C=O) groups excluding carboxylic acids is 1. The number of rotatable bonds is 3. The van der Waals surface area contributed by atoms with Crippen LogP contribution in [0, 0.1) is 17.3 Å². The Bertz CT molecular complexity index is 374. The second kappa shape index (κ2) is 5.28. The minimum atomic E-state index is 0.149. The SMILES string of the molecule is CCN1CCN(C(=O)C2C(C=C(C)C)C2(C)C)CC1. The van der Waals surface area contributed by atoms with Gasteiger partial charge in [-0.3, -0.25) is 4.79 Å². The average molecular weight is 264 g/mol. The molecule has 0 aromatic rings. The fourth-order valence-corrected chi connectivity index (χ4v) is 3.30. The summed E-state index contributed by atoms with van der Waals surface area (Å²) in [6, 6.07) is 0. The van der Waals surface area contributed by atoms with Crippen molar-refractivity contribution in [2.45, 2.75) is 34.6 Å². The smallest absolute Gasteiger partial charge is 0.226 e. The number of carbonyl (C=O) groups is 1. The molecule has 2 atom stereocenters. The maximum atomic E-state index is 12.6. The van der Waals surface area contributed by atoms with Gasteiger partial charge in [-0.15, -0.1) is 0 Å². The highest BCUT2D eigenvalue weighted by molar-refractivity contribution is 5.84. The van der Waals surface area contributed by atoms with Crippen molar-refractivity contribution in [1.82, 2.24) is 9.80 Å². The summed E-state index contributed by atoms with van der Waals surface area (Å²) >= 11 is 0. The summed E-state index contributed by atoms with van der Waals surface area (Å²) in [6.45, 7) is 15.8. The molecule has 3 heteroatoms. The normalized spacial score (nSPS) is 30.1. The number of piperazine rings is 1. The third-order valence-electron chi connectivity index (χ3n) is 4.82. The quantitative estimate of drug-likeness (QED) is 0.731. The lowest BCUT2D eigenvalue weighted by Crippen LogP contribution is -2.49. The van der Waals surface area contributed by atoms with Crippen molar-refractivity contribution in [3.05, 3.63) is 11.6 Å². The minimum Gasteiger partial charge on any atom is -0.340 e. The van der Waals surface area contributed by atoms with E-state index in [1.54, 1.807) is 0 Å². The van der Waals surface area contributed by atoms with Gasteiger partial charge < -0.3 is 9.80 Å². The van der Waals surface area contributed by atoms with Crippen molar-refractivity contribution in [3.8, 4) is 0 Å². The molecule has 1 amide bonds. The molecule has 0 spiro atoms. The Morgan fingerprint density at radius 2 is 1.79 bits per heavy atom. The number of amides is 1. The summed E-state index contributed by atoms with van der Waals surface area (Å²) in [5, 5.41) is 0. The predicted molar refractivity (Wildman–Crippen MR) is 78.9 cm³/mol. The molecule has 1 heterocycles. The van der Waals surface area contributed by atoms with E-state index >= 15 is 0 Å². The summed E-state index contributed by atoms with van der Waals surface area (Å²) in [7, 11) is 0. The van der Waals surface area contributed by atoms with Crippen LogP contribution in [0.15, 0.2) is 11.6 Å². The highest BCUT2D eigenvalue weighted by Crippen LogP contribution is 2.60. The van der Waals surface area contributed by atoms with Gasteiger partial charge in [-0.05, 0) is 31.7 Å². The molecule has 0 bridgehead atoms. The molecule has 1 aliphatic heterocycles. The van der Waals surface area contributed by atoms with E-state index in [1.165, 1.54) is 5.57 Å². The fourth-order valence-electron chi connectivity index (χ4n) is 3.30. The zero-order valence-electron chi connectivity index (χ0n) is 13.1. The standard InChI is InChI=1S/C16H28N2O/c1-6-17-7-9-18(10-8-17)15(19)14-13(11-12(2)3)16(14,4)5/h11,13-14H,6-10H2,1-5H3. The van der Waals surface area contributed by atoms with Crippen LogP contribution in [-0.4, -0.2) is 48.4 Å². The molecule has 2 fully saturated rings. The predicted octanol–water partition coefficient (Wildman–Crippen LogP) is 2.39. The van der Waals surface area contributed by atoms with Crippen molar-refractivity contribution in [2.24, 2.45) is 17.3 Å². The Kier molecular flexibility index (Phi) is 4.05. The zero-order chi connectivity index (χ0) is 14.2. The number of hydrogen-bond donors (Lipinski definition) is 0. The second-order valence-electron chi connectivity index (χ2n) is 6.83. The van der Waals surface area contributed by atoms with Crippen LogP contribution in [0.25, 0.3) is 0 Å². The van der Waals surface area contributed by atoms with Crippen LogP contribution in [0.5, 0.6) is 0 Å². The van der Waals surface area contributed by atoms with Crippen LogP contribution in [0.3, 0.4) is 0 Å². The molecule has 1 saturated heterocycles. The van der Waals surface area contributed by atoms with Crippen LogP contribution >= 0.6 is 0 Å². The molecule has 0 N–H and O–H groups in total. The lowest BCUT2D eigenvalue weighted by atomic mass is 10.1. The molecule has 108 valence electrons. The van der Waals surface area contributed by atoms with E-state index in [0.29, 0.717) is 11.8 Å². The van der Waals surface area contributed by atoms with Crippen molar-refractivity contribution in [3.63, 3.8) is 0 Å². The Labute approximate surface area is 117 Å². The molecule has 0 radical (unpaired) electrons. The van der Waals surface area contributed by atoms with Crippen LogP contribution in [-0.2, 0) is 4.79 Å². The Hall–Kier alpha value is -0.830. The molecular weight excluding hydrogens is 236 g/mol. The first-order valence-corrected chi connectivity index (χ1v) is 7.54. The van der Waals surface area contributed by atoms with Gasteiger partial charge in [-0.1, -0.05) is 32.4 Å². The van der Waals surface area contributed by atoms with E-state index in [-0.39, 0.29) is 11.3 Å². The number of likely N-dealkylation sites (N-methyl/N-ethyl adjacent to an activating group) is 1. The number of hydrogen-bond acceptors (Lipinski definition) is 2. The van der Waals surface area contributed by atoms with Gasteiger partial charge >= 0.3 is 0 Å². The van der Waals surface area contributed by atoms with Crippen LogP contribution in [0.1, 0.15) is 34.6 Å². The Morgan fingerprint density at radius 1 is 1.21 bits per heavy atom. The molecule has 2 aliphatic rings. The molecule has 1 aliphatic carbocycles. The van der Waals surface area contributed by atoms with Crippen LogP contribution in [0.2, 0.25) is 0 Å². The van der Waals surface area contributed by atoms with Crippen molar-refractivity contribution < 1.29 is 4.79 Å². The van der Waals surface area contributed by atoms with Gasteiger partial charge in [0.15, 0.2) is 0 Å². The van der Waals surface area contributed by atoms with Gasteiger partial charge in [0, 0.05) is 26.2 Å². The van der Waals surface area contributed by atoms with Crippen LogP contribution in [0.4, 0.5) is 0 Å². The summed E-state index contributed by atoms with van der Waals surface area (Å²) in [5.74, 6) is 1.02. The third kappa shape index (κ3) is 2.86. The van der Waals surface area contributed by atoms with E-state index in [1.807, 2.05) is 0 Å². The Balaban J connectivity index is 1.96. The van der Waals surface area contributed by atoms with Crippen molar-refractivity contribution >= 4 is 5.91 Å². The van der Waals surface area contributed by atoms with Gasteiger partial charge in [0.2, 0.25) is 5.91 Å². The van der Waals surface area contributed by atoms with E-state index in [0.717, 1.165) is 32.7 Å². The highest BCUT2D eigenvalue weighted by Gasteiger charge is 2.61. The Morgan fingerprint density at radius 3 is 2.26 bits per heavy atom. The van der Waals surface area contributed by atoms with Crippen molar-refractivity contribution in [2.75, 3.05) is 32.7 Å². The second-order valence-corrected chi connectivity index (χ2v) is 6.83. The summed E-state index contributed by atoms with van der Waals surface area (Å²) in [6.07, 6.45) is 2.28. The molecule has 2 unspecified atom stereocenters. The maximum Gasteiger partial charge on any atom is 0.226 e. The molecule has 0 aromatic heterocycles. The monoisotopic (exact) mass is 264 g/mol. The van der Waals surface area contributed by atoms with Gasteiger partial charge in [-0.25, -0.2) is 0 Å². The zero-order valence-corrected chi connectivity index (χ0v) is 13.1. The molecule has 1 saturated carbocycles. The lowest BCUT2D eigenvalue weighted by molar-refractivity contribution is -0.135. The molecule has 2 rings (SSSR count). The average Bonchev–Trinajstić information content (AvgIpc) is 2.89. The van der Waals surface area contributed by atoms with Gasteiger partial charge in [0.05, 0.1) is 5.92 Å². The number of nitrogens with zero attached hydrogens (tertiary/aromatic N) is 2. The first kappa shape index (κ1) is 14.6. The van der Waals surface area contributed by atoms with E-state index < -0.39 is 0 Å². The molecule has 19 heavy (non-hydrogen) atoms. The third-order valence-corrected chi connectivity index (χ3v) is 4.82. The molecule has 0 aromatic carbocycles. The lowest BCUT2D eigenvalue weighted by Gasteiger charge is -2.34. The topological polar surface area (TPSA) is 23.6 Å². The number of allylic oxidation sites excluding steroid dienone is 2. The van der Waals surface area contributed by atoms with Gasteiger partial charge in [-0.2, -0.15) is 0 Å². The fraction of sp³-hybridized carbons (Fsp3) is 0.812. The summed E-state index contributed by atoms with van der Waals surface area (Å²) < 4.78 is 0.